The monoisotopic (exact) mass is 594 g/mol. The molecule has 2 aromatic rings. The van der Waals surface area contributed by atoms with Crippen LogP contribution in [0.5, 0.6) is 0 Å². The van der Waals surface area contributed by atoms with Crippen LogP contribution in [-0.2, 0) is 41.8 Å². The number of ether oxygens (including phenoxy) is 4. The number of amides is 2. The molecule has 234 valence electrons. The minimum absolute atomic E-state index is 0.00213. The molecular weight excluding hydrogens is 548 g/mol. The molecule has 0 bridgehead atoms. The predicted octanol–water partition coefficient (Wildman–Crippen LogP) is 5.22. The highest BCUT2D eigenvalue weighted by atomic mass is 16.6. The Bertz CT molecular complexity index is 1180. The molecular formula is C34H46N2O7. The van der Waals surface area contributed by atoms with Crippen molar-refractivity contribution < 1.29 is 33.3 Å². The van der Waals surface area contributed by atoms with Gasteiger partial charge in [0.15, 0.2) is 0 Å². The van der Waals surface area contributed by atoms with E-state index >= 15 is 0 Å². The lowest BCUT2D eigenvalue weighted by atomic mass is 9.96. The van der Waals surface area contributed by atoms with Gasteiger partial charge >= 0.3 is 12.1 Å². The summed E-state index contributed by atoms with van der Waals surface area (Å²) < 4.78 is 22.8. The summed E-state index contributed by atoms with van der Waals surface area (Å²) in [5, 5.41) is 0. The molecule has 0 saturated carbocycles. The molecule has 0 aliphatic carbocycles. The molecule has 2 aliphatic heterocycles. The highest BCUT2D eigenvalue weighted by molar-refractivity contribution is 5.80. The van der Waals surface area contributed by atoms with Gasteiger partial charge in [0.25, 0.3) is 0 Å². The van der Waals surface area contributed by atoms with Crippen LogP contribution in [0.15, 0.2) is 60.7 Å². The maximum Gasteiger partial charge on any atom is 0.410 e. The summed E-state index contributed by atoms with van der Waals surface area (Å²) in [6.45, 7) is 8.31. The van der Waals surface area contributed by atoms with Crippen LogP contribution in [0.1, 0.15) is 57.6 Å². The van der Waals surface area contributed by atoms with Gasteiger partial charge in [-0.1, -0.05) is 60.7 Å². The van der Waals surface area contributed by atoms with E-state index in [0.29, 0.717) is 45.9 Å². The Morgan fingerprint density at radius 3 is 1.72 bits per heavy atom. The first-order chi connectivity index (χ1) is 20.6. The van der Waals surface area contributed by atoms with Gasteiger partial charge in [0, 0.05) is 43.4 Å². The van der Waals surface area contributed by atoms with Crippen LogP contribution in [0.25, 0.3) is 0 Å². The van der Waals surface area contributed by atoms with Gasteiger partial charge in [-0.3, -0.25) is 9.59 Å². The maximum absolute atomic E-state index is 13.9. The number of hydrogen-bond acceptors (Lipinski definition) is 7. The Hall–Kier alpha value is -3.43. The quantitative estimate of drug-likeness (QED) is 0.311. The second-order valence-electron chi connectivity index (χ2n) is 12.5. The summed E-state index contributed by atoms with van der Waals surface area (Å²) in [6, 6.07) is 19.2. The van der Waals surface area contributed by atoms with Crippen molar-refractivity contribution in [2.45, 2.75) is 77.4 Å². The second-order valence-corrected chi connectivity index (χ2v) is 12.5. The van der Waals surface area contributed by atoms with Gasteiger partial charge in [-0.15, -0.1) is 0 Å². The van der Waals surface area contributed by atoms with Crippen molar-refractivity contribution in [2.24, 2.45) is 11.8 Å². The molecule has 9 heteroatoms. The summed E-state index contributed by atoms with van der Waals surface area (Å²) in [4.78, 5) is 43.0. The second kappa shape index (κ2) is 15.3. The van der Waals surface area contributed by atoms with Crippen molar-refractivity contribution >= 4 is 18.0 Å². The molecule has 4 atom stereocenters. The molecule has 2 heterocycles. The van der Waals surface area contributed by atoms with Gasteiger partial charge < -0.3 is 28.7 Å². The minimum atomic E-state index is -0.652. The number of nitrogens with zero attached hydrogens (tertiary/aromatic N) is 2. The molecule has 0 aromatic heterocycles. The summed E-state index contributed by atoms with van der Waals surface area (Å²) in [5.74, 6) is -0.469. The number of hydrogen-bond donors (Lipinski definition) is 0. The average Bonchev–Trinajstić information content (AvgIpc) is 3.57. The number of esters is 1. The van der Waals surface area contributed by atoms with E-state index in [0.717, 1.165) is 17.5 Å². The number of likely N-dealkylation sites (tertiary alicyclic amines) is 2. The third-order valence-electron chi connectivity index (χ3n) is 8.19. The topological polar surface area (TPSA) is 94.6 Å². The van der Waals surface area contributed by atoms with Crippen LogP contribution in [0.4, 0.5) is 4.79 Å². The summed E-state index contributed by atoms with van der Waals surface area (Å²) in [6.07, 6.45) is 1.26. The molecule has 9 nitrogen and oxygen atoms in total. The highest BCUT2D eigenvalue weighted by Crippen LogP contribution is 2.33. The zero-order valence-corrected chi connectivity index (χ0v) is 25.9. The van der Waals surface area contributed by atoms with Gasteiger partial charge in [0.1, 0.15) is 5.60 Å². The van der Waals surface area contributed by atoms with E-state index < -0.39 is 11.7 Å². The van der Waals surface area contributed by atoms with Crippen LogP contribution >= 0.6 is 0 Å². The number of methoxy groups -OCH3 is 1. The number of carbonyl (C=O) groups is 3. The van der Waals surface area contributed by atoms with E-state index in [1.807, 2.05) is 81.4 Å². The fraction of sp³-hybridized carbons (Fsp3) is 0.559. The number of rotatable bonds is 12. The number of carbonyl (C=O) groups excluding carboxylic acids is 3. The Balaban J connectivity index is 1.43. The Morgan fingerprint density at radius 2 is 1.23 bits per heavy atom. The van der Waals surface area contributed by atoms with E-state index in [4.69, 9.17) is 18.9 Å². The van der Waals surface area contributed by atoms with E-state index in [1.165, 1.54) is 7.11 Å². The summed E-state index contributed by atoms with van der Waals surface area (Å²) in [5.41, 5.74) is 1.49. The lowest BCUT2D eigenvalue weighted by molar-refractivity contribution is -0.144. The van der Waals surface area contributed by atoms with Crippen LogP contribution < -0.4 is 0 Å². The first kappa shape index (κ1) is 32.5. The third-order valence-corrected chi connectivity index (χ3v) is 8.19. The zero-order valence-electron chi connectivity index (χ0n) is 25.9. The smallest absolute Gasteiger partial charge is 0.410 e. The SMILES string of the molecule is COC(=O)C[C@@H]1[C@@H](COCc2ccccc2)CCN1C(=O)C[C@@H]1[C@@H](COCc2ccccc2)CCN1C(=O)OC(C)(C)C. The van der Waals surface area contributed by atoms with Crippen molar-refractivity contribution in [1.29, 1.82) is 0 Å². The first-order valence-corrected chi connectivity index (χ1v) is 15.2. The van der Waals surface area contributed by atoms with Crippen molar-refractivity contribution in [3.05, 3.63) is 71.8 Å². The molecule has 2 aliphatic rings. The first-order valence-electron chi connectivity index (χ1n) is 15.2. The van der Waals surface area contributed by atoms with Gasteiger partial charge in [-0.05, 0) is 44.7 Å². The zero-order chi connectivity index (χ0) is 30.8. The van der Waals surface area contributed by atoms with Gasteiger partial charge in [0.2, 0.25) is 5.91 Å². The van der Waals surface area contributed by atoms with Crippen LogP contribution in [0.3, 0.4) is 0 Å². The summed E-state index contributed by atoms with van der Waals surface area (Å²) in [7, 11) is 1.36. The lowest BCUT2D eigenvalue weighted by Gasteiger charge is -2.33. The molecule has 0 unspecified atom stereocenters. The number of benzene rings is 2. The normalized spacial score (nSPS) is 22.0. The molecule has 0 spiro atoms. The summed E-state index contributed by atoms with van der Waals surface area (Å²) >= 11 is 0. The van der Waals surface area contributed by atoms with Crippen LogP contribution in [-0.4, -0.2) is 78.9 Å². The molecule has 2 amide bonds. The molecule has 2 aromatic carbocycles. The standard InChI is InChI=1S/C34H46N2O7/c1-34(2,3)43-33(39)36-18-16-27(23-41-21-25-11-7-5-8-12-25)29(36)19-31(37)35-17-15-28(30(35)20-32(38)40-4)24-42-22-26-13-9-6-10-14-26/h5-14,27-30H,15-24H2,1-4H3/t27-,28-,29-,30-/m1/s1. The molecule has 0 N–H and O–H groups in total. The fourth-order valence-corrected chi connectivity index (χ4v) is 5.99. The van der Waals surface area contributed by atoms with Gasteiger partial charge in [0.05, 0.1) is 40.0 Å². The molecule has 4 rings (SSSR count). The molecule has 43 heavy (non-hydrogen) atoms. The van der Waals surface area contributed by atoms with Crippen LogP contribution in [0.2, 0.25) is 0 Å². The van der Waals surface area contributed by atoms with E-state index in [2.05, 4.69) is 0 Å². The predicted molar refractivity (Wildman–Crippen MR) is 162 cm³/mol. The Kier molecular flexibility index (Phi) is 11.6. The molecule has 0 radical (unpaired) electrons. The van der Waals surface area contributed by atoms with Crippen molar-refractivity contribution in [2.75, 3.05) is 33.4 Å². The van der Waals surface area contributed by atoms with Crippen molar-refractivity contribution in [3.63, 3.8) is 0 Å². The maximum atomic E-state index is 13.9. The fourth-order valence-electron chi connectivity index (χ4n) is 5.99. The average molecular weight is 595 g/mol. The Morgan fingerprint density at radius 1 is 0.744 bits per heavy atom. The van der Waals surface area contributed by atoms with Gasteiger partial charge in [-0.25, -0.2) is 4.79 Å². The van der Waals surface area contributed by atoms with Gasteiger partial charge in [-0.2, -0.15) is 0 Å². The van der Waals surface area contributed by atoms with E-state index in [9.17, 15) is 14.4 Å². The minimum Gasteiger partial charge on any atom is -0.469 e. The van der Waals surface area contributed by atoms with E-state index in [1.54, 1.807) is 9.80 Å². The third kappa shape index (κ3) is 9.53. The molecule has 2 saturated heterocycles. The largest absolute Gasteiger partial charge is 0.469 e. The van der Waals surface area contributed by atoms with E-state index in [-0.39, 0.29) is 48.6 Å². The van der Waals surface area contributed by atoms with Crippen LogP contribution in [0, 0.1) is 11.8 Å². The highest BCUT2D eigenvalue weighted by Gasteiger charge is 2.44. The molecule has 2 fully saturated rings. The van der Waals surface area contributed by atoms with Crippen molar-refractivity contribution in [1.82, 2.24) is 9.80 Å². The van der Waals surface area contributed by atoms with Crippen molar-refractivity contribution in [3.8, 4) is 0 Å². The lowest BCUT2D eigenvalue weighted by Crippen LogP contribution is -2.47. The Labute approximate surface area is 255 Å².